The van der Waals surface area contributed by atoms with E-state index in [1.165, 1.54) is 0 Å². The average molecular weight is 315 g/mol. The lowest BCUT2D eigenvalue weighted by Crippen LogP contribution is -2.43. The molecule has 0 aliphatic carbocycles. The molecule has 1 atom stereocenters. The lowest BCUT2D eigenvalue weighted by atomic mass is 10.1. The molecule has 0 aliphatic heterocycles. The molecule has 122 valence electrons. The second kappa shape index (κ2) is 8.14. The number of unbranched alkanes of at least 4 members (excludes halogenated alkanes) is 1. The SMILES string of the molecule is NCCCC[C@H](NC(=O)Nc1ccc2ccccc2c1)C(=O)O. The second-order valence-electron chi connectivity index (χ2n) is 5.34. The van der Waals surface area contributed by atoms with Crippen LogP contribution in [0.3, 0.4) is 0 Å². The van der Waals surface area contributed by atoms with Crippen molar-refractivity contribution >= 4 is 28.5 Å². The monoisotopic (exact) mass is 315 g/mol. The predicted octanol–water partition coefficient (Wildman–Crippen LogP) is 2.54. The number of hydrogen-bond donors (Lipinski definition) is 4. The molecule has 0 fully saturated rings. The summed E-state index contributed by atoms with van der Waals surface area (Å²) in [6, 6.07) is 11.9. The number of urea groups is 1. The fraction of sp³-hybridized carbons (Fsp3) is 0.294. The standard InChI is InChI=1S/C17H21N3O3/c18-10-4-3-7-15(16(21)22)20-17(23)19-14-9-8-12-5-1-2-6-13(12)11-14/h1-2,5-6,8-9,11,15H,3-4,7,10,18H2,(H,21,22)(H2,19,20,23)/t15-/m0/s1. The maximum atomic E-state index is 12.0. The number of rotatable bonds is 7. The first-order chi connectivity index (χ1) is 11.1. The third-order valence-electron chi connectivity index (χ3n) is 3.56. The Balaban J connectivity index is 1.97. The van der Waals surface area contributed by atoms with Crippen molar-refractivity contribution in [3.63, 3.8) is 0 Å². The van der Waals surface area contributed by atoms with Crippen LogP contribution in [0.1, 0.15) is 19.3 Å². The molecule has 2 amide bonds. The molecule has 0 saturated carbocycles. The van der Waals surface area contributed by atoms with Gasteiger partial charge in [-0.15, -0.1) is 0 Å². The summed E-state index contributed by atoms with van der Waals surface area (Å²) in [4.78, 5) is 23.2. The highest BCUT2D eigenvalue weighted by molar-refractivity contribution is 5.95. The molecule has 2 rings (SSSR count). The number of hydrogen-bond acceptors (Lipinski definition) is 3. The van der Waals surface area contributed by atoms with Crippen molar-refractivity contribution in [1.82, 2.24) is 5.32 Å². The third kappa shape index (κ3) is 4.96. The van der Waals surface area contributed by atoms with Gasteiger partial charge in [0, 0.05) is 5.69 Å². The highest BCUT2D eigenvalue weighted by Gasteiger charge is 2.19. The summed E-state index contributed by atoms with van der Waals surface area (Å²) < 4.78 is 0. The predicted molar refractivity (Wildman–Crippen MR) is 90.4 cm³/mol. The number of benzene rings is 2. The van der Waals surface area contributed by atoms with E-state index in [4.69, 9.17) is 10.8 Å². The Morgan fingerprint density at radius 2 is 1.83 bits per heavy atom. The molecular formula is C17H21N3O3. The summed E-state index contributed by atoms with van der Waals surface area (Å²) >= 11 is 0. The summed E-state index contributed by atoms with van der Waals surface area (Å²) in [5, 5.41) is 16.4. The summed E-state index contributed by atoms with van der Waals surface area (Å²) in [7, 11) is 0. The lowest BCUT2D eigenvalue weighted by molar-refractivity contribution is -0.139. The minimum atomic E-state index is -1.05. The van der Waals surface area contributed by atoms with Gasteiger partial charge in [-0.3, -0.25) is 0 Å². The van der Waals surface area contributed by atoms with Crippen molar-refractivity contribution in [1.29, 1.82) is 0 Å². The largest absolute Gasteiger partial charge is 0.480 e. The van der Waals surface area contributed by atoms with Crippen LogP contribution < -0.4 is 16.4 Å². The maximum absolute atomic E-state index is 12.0. The van der Waals surface area contributed by atoms with Crippen LogP contribution in [0.15, 0.2) is 42.5 Å². The zero-order valence-electron chi connectivity index (χ0n) is 12.8. The van der Waals surface area contributed by atoms with E-state index in [0.717, 1.165) is 17.2 Å². The minimum absolute atomic E-state index is 0.359. The number of carboxylic acid groups (broad SMARTS) is 1. The van der Waals surface area contributed by atoms with Crippen LogP contribution in [0.25, 0.3) is 10.8 Å². The fourth-order valence-electron chi connectivity index (χ4n) is 2.34. The van der Waals surface area contributed by atoms with Gasteiger partial charge in [0.1, 0.15) is 6.04 Å². The van der Waals surface area contributed by atoms with Gasteiger partial charge < -0.3 is 21.5 Å². The zero-order chi connectivity index (χ0) is 16.7. The first-order valence-corrected chi connectivity index (χ1v) is 7.59. The highest BCUT2D eigenvalue weighted by Crippen LogP contribution is 2.18. The number of carboxylic acids is 1. The average Bonchev–Trinajstić information content (AvgIpc) is 2.54. The Morgan fingerprint density at radius 3 is 2.52 bits per heavy atom. The summed E-state index contributed by atoms with van der Waals surface area (Å²) in [6.07, 6.45) is 1.75. The number of aliphatic carboxylic acids is 1. The van der Waals surface area contributed by atoms with E-state index in [-0.39, 0.29) is 0 Å². The number of carbonyl (C=O) groups excluding carboxylic acids is 1. The van der Waals surface area contributed by atoms with Crippen LogP contribution in [0, 0.1) is 0 Å². The van der Waals surface area contributed by atoms with Crippen molar-refractivity contribution in [2.24, 2.45) is 5.73 Å². The van der Waals surface area contributed by atoms with Crippen LogP contribution in [0.5, 0.6) is 0 Å². The molecule has 0 bridgehead atoms. The normalized spacial score (nSPS) is 11.9. The smallest absolute Gasteiger partial charge is 0.326 e. The van der Waals surface area contributed by atoms with Crippen LogP contribution in [-0.4, -0.2) is 29.7 Å². The van der Waals surface area contributed by atoms with Gasteiger partial charge in [0.15, 0.2) is 0 Å². The quantitative estimate of drug-likeness (QED) is 0.589. The molecule has 0 aliphatic rings. The molecule has 2 aromatic rings. The Hall–Kier alpha value is -2.60. The molecule has 23 heavy (non-hydrogen) atoms. The van der Waals surface area contributed by atoms with Gasteiger partial charge in [-0.1, -0.05) is 30.3 Å². The van der Waals surface area contributed by atoms with Crippen LogP contribution in [0.2, 0.25) is 0 Å². The van der Waals surface area contributed by atoms with Crippen molar-refractivity contribution in [3.05, 3.63) is 42.5 Å². The van der Waals surface area contributed by atoms with Crippen molar-refractivity contribution in [2.75, 3.05) is 11.9 Å². The van der Waals surface area contributed by atoms with E-state index in [1.54, 1.807) is 6.07 Å². The molecule has 0 heterocycles. The van der Waals surface area contributed by atoms with Gasteiger partial charge in [0.25, 0.3) is 0 Å². The van der Waals surface area contributed by atoms with E-state index in [0.29, 0.717) is 25.1 Å². The zero-order valence-corrected chi connectivity index (χ0v) is 12.8. The van der Waals surface area contributed by atoms with E-state index in [9.17, 15) is 9.59 Å². The molecular weight excluding hydrogens is 294 g/mol. The maximum Gasteiger partial charge on any atom is 0.326 e. The number of carbonyl (C=O) groups is 2. The Bertz CT molecular complexity index is 688. The van der Waals surface area contributed by atoms with Crippen LogP contribution in [0.4, 0.5) is 10.5 Å². The van der Waals surface area contributed by atoms with Crippen molar-refractivity contribution in [2.45, 2.75) is 25.3 Å². The van der Waals surface area contributed by atoms with Crippen molar-refractivity contribution < 1.29 is 14.7 Å². The second-order valence-corrected chi connectivity index (χ2v) is 5.34. The van der Waals surface area contributed by atoms with Gasteiger partial charge in [0.2, 0.25) is 0 Å². The van der Waals surface area contributed by atoms with E-state index in [2.05, 4.69) is 10.6 Å². The molecule has 6 heteroatoms. The summed E-state index contributed by atoms with van der Waals surface area (Å²) in [5.74, 6) is -1.05. The molecule has 0 radical (unpaired) electrons. The molecule has 0 aromatic heterocycles. The molecule has 0 unspecified atom stereocenters. The van der Waals surface area contributed by atoms with E-state index >= 15 is 0 Å². The Kier molecular flexibility index (Phi) is 5.94. The number of nitrogens with one attached hydrogen (secondary N) is 2. The lowest BCUT2D eigenvalue weighted by Gasteiger charge is -2.15. The van der Waals surface area contributed by atoms with Gasteiger partial charge in [-0.05, 0) is 48.7 Å². The Morgan fingerprint density at radius 1 is 1.09 bits per heavy atom. The first-order valence-electron chi connectivity index (χ1n) is 7.59. The Labute approximate surface area is 134 Å². The fourth-order valence-corrected chi connectivity index (χ4v) is 2.34. The van der Waals surface area contributed by atoms with Crippen molar-refractivity contribution in [3.8, 4) is 0 Å². The van der Waals surface area contributed by atoms with E-state index in [1.807, 2.05) is 36.4 Å². The number of anilines is 1. The molecule has 2 aromatic carbocycles. The van der Waals surface area contributed by atoms with Crippen LogP contribution in [-0.2, 0) is 4.79 Å². The van der Waals surface area contributed by atoms with Gasteiger partial charge in [-0.2, -0.15) is 0 Å². The van der Waals surface area contributed by atoms with Gasteiger partial charge in [0.05, 0.1) is 0 Å². The molecule has 0 saturated heterocycles. The minimum Gasteiger partial charge on any atom is -0.480 e. The molecule has 5 N–H and O–H groups in total. The molecule has 6 nitrogen and oxygen atoms in total. The van der Waals surface area contributed by atoms with Gasteiger partial charge >= 0.3 is 12.0 Å². The molecule has 0 spiro atoms. The first kappa shape index (κ1) is 16.8. The van der Waals surface area contributed by atoms with Crippen LogP contribution >= 0.6 is 0 Å². The van der Waals surface area contributed by atoms with E-state index < -0.39 is 18.0 Å². The summed E-state index contributed by atoms with van der Waals surface area (Å²) in [6.45, 7) is 0.510. The number of fused-ring (bicyclic) bond motifs is 1. The third-order valence-corrected chi connectivity index (χ3v) is 3.56. The number of amides is 2. The topological polar surface area (TPSA) is 104 Å². The number of nitrogens with two attached hydrogens (primary N) is 1. The summed E-state index contributed by atoms with van der Waals surface area (Å²) in [5.41, 5.74) is 6.01. The highest BCUT2D eigenvalue weighted by atomic mass is 16.4. The van der Waals surface area contributed by atoms with Gasteiger partial charge in [-0.25, -0.2) is 9.59 Å².